The average molecular weight is 352 g/mol. The monoisotopic (exact) mass is 352 g/mol. The van der Waals surface area contributed by atoms with Crippen LogP contribution in [-0.2, 0) is 16.0 Å². The van der Waals surface area contributed by atoms with Crippen LogP contribution in [0.15, 0.2) is 23.3 Å². The zero-order valence-electron chi connectivity index (χ0n) is 15.7. The lowest BCUT2D eigenvalue weighted by molar-refractivity contribution is 0.0487. The minimum atomic E-state index is 0.608. The summed E-state index contributed by atoms with van der Waals surface area (Å²) in [5, 5.41) is 6.47. The van der Waals surface area contributed by atoms with Crippen molar-refractivity contribution < 1.29 is 14.2 Å². The van der Waals surface area contributed by atoms with Crippen LogP contribution in [-0.4, -0.2) is 57.6 Å². The van der Waals surface area contributed by atoms with Crippen molar-refractivity contribution >= 4 is 5.96 Å². The molecule has 7 nitrogen and oxygen atoms in total. The van der Waals surface area contributed by atoms with Crippen LogP contribution >= 0.6 is 0 Å². The van der Waals surface area contributed by atoms with Crippen LogP contribution in [0.2, 0.25) is 0 Å². The number of nitrogens with zero attached hydrogens (tertiary/aromatic N) is 2. The van der Waals surface area contributed by atoms with Gasteiger partial charge in [0.2, 0.25) is 5.88 Å². The summed E-state index contributed by atoms with van der Waals surface area (Å²) >= 11 is 0. The lowest BCUT2D eigenvalue weighted by Crippen LogP contribution is -2.38. The zero-order chi connectivity index (χ0) is 18.2. The van der Waals surface area contributed by atoms with Crippen molar-refractivity contribution in [2.45, 2.75) is 33.2 Å². The lowest BCUT2D eigenvalue weighted by atomic mass is 10.2. The Bertz CT molecular complexity index is 483. The van der Waals surface area contributed by atoms with Gasteiger partial charge in [0.05, 0.1) is 26.4 Å². The van der Waals surface area contributed by atoms with E-state index in [0.717, 1.165) is 31.0 Å². The molecular weight excluding hydrogens is 320 g/mol. The largest absolute Gasteiger partial charge is 0.478 e. The van der Waals surface area contributed by atoms with E-state index >= 15 is 0 Å². The highest BCUT2D eigenvalue weighted by Crippen LogP contribution is 2.08. The summed E-state index contributed by atoms with van der Waals surface area (Å²) in [6.45, 7) is 8.74. The van der Waals surface area contributed by atoms with Gasteiger partial charge >= 0.3 is 0 Å². The summed E-state index contributed by atoms with van der Waals surface area (Å²) in [5.74, 6) is 1.37. The summed E-state index contributed by atoms with van der Waals surface area (Å²) in [6, 6.07) is 3.87. The predicted octanol–water partition coefficient (Wildman–Crippen LogP) is 1.98. The van der Waals surface area contributed by atoms with E-state index in [9.17, 15) is 0 Å². The summed E-state index contributed by atoms with van der Waals surface area (Å²) < 4.78 is 16.4. The van der Waals surface area contributed by atoms with Crippen LogP contribution in [0.5, 0.6) is 5.88 Å². The Kier molecular flexibility index (Phi) is 12.3. The highest BCUT2D eigenvalue weighted by molar-refractivity contribution is 5.79. The van der Waals surface area contributed by atoms with Crippen molar-refractivity contribution in [2.75, 3.05) is 46.6 Å². The van der Waals surface area contributed by atoms with Crippen LogP contribution in [0.25, 0.3) is 0 Å². The molecule has 0 atom stereocenters. The number of hydrogen-bond donors (Lipinski definition) is 2. The fraction of sp³-hybridized carbons (Fsp3) is 0.667. The molecule has 0 amide bonds. The van der Waals surface area contributed by atoms with Gasteiger partial charge in [-0.25, -0.2) is 4.98 Å². The van der Waals surface area contributed by atoms with Gasteiger partial charge in [0, 0.05) is 39.0 Å². The van der Waals surface area contributed by atoms with Crippen molar-refractivity contribution in [2.24, 2.45) is 4.99 Å². The highest BCUT2D eigenvalue weighted by atomic mass is 16.5. The van der Waals surface area contributed by atoms with Crippen LogP contribution in [0.4, 0.5) is 0 Å². The molecule has 142 valence electrons. The van der Waals surface area contributed by atoms with E-state index in [4.69, 9.17) is 14.2 Å². The number of pyridine rings is 1. The number of ether oxygens (including phenoxy) is 3. The molecule has 0 saturated heterocycles. The molecule has 0 unspecified atom stereocenters. The zero-order valence-corrected chi connectivity index (χ0v) is 15.7. The molecule has 25 heavy (non-hydrogen) atoms. The van der Waals surface area contributed by atoms with Crippen LogP contribution in [0.3, 0.4) is 0 Å². The predicted molar refractivity (Wildman–Crippen MR) is 100 cm³/mol. The molecule has 7 heteroatoms. The smallest absolute Gasteiger partial charge is 0.213 e. The standard InChI is InChI=1S/C18H32N4O3/c1-4-6-10-23-12-13-24-11-9-21-18(19-3)22-15-16-7-8-20-17(14-16)25-5-2/h7-8,14H,4-6,9-13,15H2,1-3H3,(H2,19,21,22). The van der Waals surface area contributed by atoms with E-state index in [1.807, 2.05) is 19.1 Å². The molecule has 0 spiro atoms. The number of unbranched alkanes of at least 4 members (excludes halogenated alkanes) is 1. The molecule has 1 aromatic heterocycles. The van der Waals surface area contributed by atoms with Gasteiger partial charge in [0.1, 0.15) is 0 Å². The molecule has 1 aromatic rings. The Morgan fingerprint density at radius 1 is 1.12 bits per heavy atom. The van der Waals surface area contributed by atoms with E-state index in [2.05, 4.69) is 27.5 Å². The first-order valence-electron chi connectivity index (χ1n) is 8.97. The Morgan fingerprint density at radius 2 is 1.92 bits per heavy atom. The highest BCUT2D eigenvalue weighted by Gasteiger charge is 2.01. The van der Waals surface area contributed by atoms with Crippen LogP contribution in [0.1, 0.15) is 32.3 Å². The van der Waals surface area contributed by atoms with E-state index in [1.54, 1.807) is 13.2 Å². The van der Waals surface area contributed by atoms with Crippen molar-refractivity contribution in [1.29, 1.82) is 0 Å². The van der Waals surface area contributed by atoms with E-state index in [0.29, 0.717) is 45.4 Å². The van der Waals surface area contributed by atoms with E-state index < -0.39 is 0 Å². The van der Waals surface area contributed by atoms with Gasteiger partial charge in [-0.2, -0.15) is 0 Å². The molecular formula is C18H32N4O3. The lowest BCUT2D eigenvalue weighted by Gasteiger charge is -2.12. The number of rotatable bonds is 13. The van der Waals surface area contributed by atoms with Gasteiger partial charge in [0.15, 0.2) is 5.96 Å². The molecule has 1 rings (SSSR count). The van der Waals surface area contributed by atoms with Gasteiger partial charge in [0.25, 0.3) is 0 Å². The number of aromatic nitrogens is 1. The second-order valence-electron chi connectivity index (χ2n) is 5.37. The number of aliphatic imine (C=N–C) groups is 1. The Balaban J connectivity index is 2.13. The fourth-order valence-electron chi connectivity index (χ4n) is 2.00. The second kappa shape index (κ2) is 14.5. The first kappa shape index (κ1) is 21.2. The summed E-state index contributed by atoms with van der Waals surface area (Å²) in [4.78, 5) is 8.35. The summed E-state index contributed by atoms with van der Waals surface area (Å²) in [6.07, 6.45) is 4.01. The van der Waals surface area contributed by atoms with E-state index in [1.165, 1.54) is 0 Å². The molecule has 0 aliphatic rings. The molecule has 0 aliphatic heterocycles. The quantitative estimate of drug-likeness (QED) is 0.321. The summed E-state index contributed by atoms with van der Waals surface area (Å²) in [5.41, 5.74) is 1.09. The third-order valence-corrected chi connectivity index (χ3v) is 3.33. The number of hydrogen-bond acceptors (Lipinski definition) is 5. The average Bonchev–Trinajstić information content (AvgIpc) is 2.63. The third kappa shape index (κ3) is 10.6. The maximum absolute atomic E-state index is 5.52. The maximum atomic E-state index is 5.52. The normalized spacial score (nSPS) is 11.4. The molecule has 0 saturated carbocycles. The minimum Gasteiger partial charge on any atom is -0.478 e. The van der Waals surface area contributed by atoms with Crippen molar-refractivity contribution in [3.05, 3.63) is 23.9 Å². The van der Waals surface area contributed by atoms with Crippen LogP contribution in [0, 0.1) is 0 Å². The molecule has 0 aromatic carbocycles. The third-order valence-electron chi connectivity index (χ3n) is 3.33. The van der Waals surface area contributed by atoms with Crippen molar-refractivity contribution in [1.82, 2.24) is 15.6 Å². The summed E-state index contributed by atoms with van der Waals surface area (Å²) in [7, 11) is 1.75. The maximum Gasteiger partial charge on any atom is 0.213 e. The van der Waals surface area contributed by atoms with Gasteiger partial charge in [-0.15, -0.1) is 0 Å². The van der Waals surface area contributed by atoms with Crippen molar-refractivity contribution in [3.8, 4) is 5.88 Å². The first-order valence-corrected chi connectivity index (χ1v) is 8.97. The Labute approximate surface area is 151 Å². The molecule has 2 N–H and O–H groups in total. The SMILES string of the molecule is CCCCOCCOCCNC(=NC)NCc1ccnc(OCC)c1. The second-order valence-corrected chi connectivity index (χ2v) is 5.37. The molecule has 0 fully saturated rings. The molecule has 0 aliphatic carbocycles. The van der Waals surface area contributed by atoms with Gasteiger partial charge in [-0.05, 0) is 25.0 Å². The van der Waals surface area contributed by atoms with Gasteiger partial charge < -0.3 is 24.8 Å². The number of guanidine groups is 1. The molecule has 1 heterocycles. The van der Waals surface area contributed by atoms with Gasteiger partial charge in [-0.3, -0.25) is 4.99 Å². The van der Waals surface area contributed by atoms with Gasteiger partial charge in [-0.1, -0.05) is 13.3 Å². The number of nitrogens with one attached hydrogen (secondary N) is 2. The topological polar surface area (TPSA) is 77.0 Å². The Hall–Kier alpha value is -1.86. The van der Waals surface area contributed by atoms with E-state index in [-0.39, 0.29) is 0 Å². The van der Waals surface area contributed by atoms with Crippen molar-refractivity contribution in [3.63, 3.8) is 0 Å². The fourth-order valence-corrected chi connectivity index (χ4v) is 2.00. The molecule has 0 radical (unpaired) electrons. The first-order chi connectivity index (χ1) is 12.3. The minimum absolute atomic E-state index is 0.608. The Morgan fingerprint density at radius 3 is 2.64 bits per heavy atom. The van der Waals surface area contributed by atoms with Crippen LogP contribution < -0.4 is 15.4 Å². The molecule has 0 bridgehead atoms.